The molecule has 0 amide bonds. The first-order valence-corrected chi connectivity index (χ1v) is 10.3. The number of nitrogens with zero attached hydrogens (tertiary/aromatic N) is 2. The lowest BCUT2D eigenvalue weighted by Gasteiger charge is -2.28. The van der Waals surface area contributed by atoms with Crippen LogP contribution in [0.15, 0.2) is 64.8 Å². The van der Waals surface area contributed by atoms with Crippen LogP contribution in [0.25, 0.3) is 0 Å². The van der Waals surface area contributed by atoms with Crippen molar-refractivity contribution in [3.8, 4) is 29.1 Å². The summed E-state index contributed by atoms with van der Waals surface area (Å²) in [6, 6.07) is 15.6. The summed E-state index contributed by atoms with van der Waals surface area (Å²) < 4.78 is 12.8. The van der Waals surface area contributed by atoms with Gasteiger partial charge in [0.2, 0.25) is 5.88 Å². The summed E-state index contributed by atoms with van der Waals surface area (Å²) in [7, 11) is 1.53. The van der Waals surface area contributed by atoms with Crippen molar-refractivity contribution in [2.75, 3.05) is 7.11 Å². The fourth-order valence-electron chi connectivity index (χ4n) is 4.15. The number of aromatic hydroxyl groups is 2. The Morgan fingerprint density at radius 2 is 1.94 bits per heavy atom. The first kappa shape index (κ1) is 21.8. The van der Waals surface area contributed by atoms with Crippen LogP contribution >= 0.6 is 0 Å². The standard InChI is InChI=1S/C25H23N3O5/c1-14-11-21-23(25(31)28(14)10-9-15-7-8-18(29)19(30)12-15)22(17(13-26)24(27)33-21)16-5-3-4-6-20(16)32-2/h3-8,11-12,22,29-30H,9-10,27H2,1-2H3. The van der Waals surface area contributed by atoms with Gasteiger partial charge in [0.1, 0.15) is 23.1 Å². The van der Waals surface area contributed by atoms with E-state index in [-0.39, 0.29) is 28.5 Å². The molecule has 0 radical (unpaired) electrons. The van der Waals surface area contributed by atoms with Crippen LogP contribution in [0.2, 0.25) is 0 Å². The molecule has 2 aromatic carbocycles. The number of allylic oxidation sites excluding steroid dienone is 1. The van der Waals surface area contributed by atoms with Crippen LogP contribution in [0.1, 0.15) is 28.3 Å². The van der Waals surface area contributed by atoms with Gasteiger partial charge < -0.3 is 30.0 Å². The van der Waals surface area contributed by atoms with E-state index in [9.17, 15) is 20.3 Å². The van der Waals surface area contributed by atoms with E-state index < -0.39 is 5.92 Å². The Morgan fingerprint density at radius 1 is 1.18 bits per heavy atom. The molecule has 4 rings (SSSR count). The van der Waals surface area contributed by atoms with Crippen molar-refractivity contribution in [3.63, 3.8) is 0 Å². The number of ether oxygens (including phenoxy) is 2. The molecule has 1 aromatic heterocycles. The van der Waals surface area contributed by atoms with E-state index in [1.807, 2.05) is 12.1 Å². The number of para-hydroxylation sites is 1. The number of fused-ring (bicyclic) bond motifs is 1. The summed E-state index contributed by atoms with van der Waals surface area (Å²) >= 11 is 0. The Hall–Kier alpha value is -4.38. The SMILES string of the molecule is COc1ccccc1C1C(C#N)=C(N)Oc2cc(C)n(CCc3ccc(O)c(O)c3)c(=O)c21. The average molecular weight is 445 g/mol. The van der Waals surface area contributed by atoms with Gasteiger partial charge in [0.15, 0.2) is 11.5 Å². The predicted molar refractivity (Wildman–Crippen MR) is 121 cm³/mol. The number of phenolic OH excluding ortho intramolecular Hbond substituents is 2. The lowest BCUT2D eigenvalue weighted by molar-refractivity contribution is 0.382. The minimum Gasteiger partial charge on any atom is -0.504 e. The number of hydrogen-bond acceptors (Lipinski definition) is 7. The second kappa shape index (κ2) is 8.63. The lowest BCUT2D eigenvalue weighted by Crippen LogP contribution is -2.33. The smallest absolute Gasteiger partial charge is 0.258 e. The van der Waals surface area contributed by atoms with E-state index in [1.165, 1.54) is 19.2 Å². The van der Waals surface area contributed by atoms with Crippen molar-refractivity contribution in [3.05, 3.63) is 92.7 Å². The van der Waals surface area contributed by atoms with Crippen LogP contribution in [0.5, 0.6) is 23.0 Å². The van der Waals surface area contributed by atoms with Crippen LogP contribution in [-0.2, 0) is 13.0 Å². The molecule has 2 heterocycles. The quantitative estimate of drug-likeness (QED) is 0.515. The Balaban J connectivity index is 1.83. The van der Waals surface area contributed by atoms with E-state index in [4.69, 9.17) is 15.2 Å². The highest BCUT2D eigenvalue weighted by atomic mass is 16.5. The normalized spacial score (nSPS) is 14.9. The zero-order chi connectivity index (χ0) is 23.7. The highest BCUT2D eigenvalue weighted by Gasteiger charge is 2.35. The van der Waals surface area contributed by atoms with E-state index in [0.717, 1.165) is 5.56 Å². The maximum Gasteiger partial charge on any atom is 0.258 e. The number of hydrogen-bond donors (Lipinski definition) is 3. The number of phenols is 2. The van der Waals surface area contributed by atoms with Crippen LogP contribution < -0.4 is 20.8 Å². The van der Waals surface area contributed by atoms with Gasteiger partial charge in [-0.2, -0.15) is 5.26 Å². The van der Waals surface area contributed by atoms with E-state index in [2.05, 4.69) is 6.07 Å². The van der Waals surface area contributed by atoms with Gasteiger partial charge in [0, 0.05) is 23.9 Å². The van der Waals surface area contributed by atoms with Crippen molar-refractivity contribution >= 4 is 0 Å². The minimum atomic E-state index is -0.744. The second-order valence-corrected chi connectivity index (χ2v) is 7.76. The van der Waals surface area contributed by atoms with Gasteiger partial charge in [0.05, 0.1) is 18.6 Å². The maximum absolute atomic E-state index is 13.7. The van der Waals surface area contributed by atoms with Crippen molar-refractivity contribution in [1.29, 1.82) is 5.26 Å². The Morgan fingerprint density at radius 3 is 2.64 bits per heavy atom. The number of methoxy groups -OCH3 is 1. The third-order valence-corrected chi connectivity index (χ3v) is 5.80. The monoisotopic (exact) mass is 445 g/mol. The molecule has 1 aliphatic heterocycles. The highest BCUT2D eigenvalue weighted by molar-refractivity contribution is 5.58. The molecule has 0 saturated heterocycles. The van der Waals surface area contributed by atoms with Crippen LogP contribution in [0.3, 0.4) is 0 Å². The van der Waals surface area contributed by atoms with Gasteiger partial charge in [0.25, 0.3) is 5.56 Å². The number of benzene rings is 2. The topological polar surface area (TPSA) is 131 Å². The molecule has 0 bridgehead atoms. The number of pyridine rings is 1. The third kappa shape index (κ3) is 3.85. The lowest BCUT2D eigenvalue weighted by atomic mass is 9.83. The largest absolute Gasteiger partial charge is 0.504 e. The van der Waals surface area contributed by atoms with E-state index >= 15 is 0 Å². The zero-order valence-electron chi connectivity index (χ0n) is 18.2. The first-order chi connectivity index (χ1) is 15.8. The molecule has 0 spiro atoms. The van der Waals surface area contributed by atoms with Gasteiger partial charge in [-0.05, 0) is 37.1 Å². The summed E-state index contributed by atoms with van der Waals surface area (Å²) in [5, 5.41) is 29.1. The molecule has 1 unspecified atom stereocenters. The summed E-state index contributed by atoms with van der Waals surface area (Å²) in [6.07, 6.45) is 0.441. The van der Waals surface area contributed by atoms with Crippen LogP contribution in [-0.4, -0.2) is 21.9 Å². The van der Waals surface area contributed by atoms with Crippen molar-refractivity contribution in [2.24, 2.45) is 5.73 Å². The molecule has 1 atom stereocenters. The molecule has 0 fully saturated rings. The molecule has 3 aromatic rings. The van der Waals surface area contributed by atoms with Gasteiger partial charge >= 0.3 is 0 Å². The molecule has 33 heavy (non-hydrogen) atoms. The number of aromatic nitrogens is 1. The molecule has 1 aliphatic rings. The molecule has 168 valence electrons. The van der Waals surface area contributed by atoms with Crippen LogP contribution in [0, 0.1) is 18.3 Å². The number of rotatable bonds is 5. The van der Waals surface area contributed by atoms with E-state index in [0.29, 0.717) is 41.3 Å². The van der Waals surface area contributed by atoms with E-state index in [1.54, 1.807) is 35.8 Å². The summed E-state index contributed by atoms with van der Waals surface area (Å²) in [5.41, 5.74) is 8.27. The second-order valence-electron chi connectivity index (χ2n) is 7.76. The molecular formula is C25H23N3O5. The summed E-state index contributed by atoms with van der Waals surface area (Å²) in [4.78, 5) is 13.7. The first-order valence-electron chi connectivity index (χ1n) is 10.3. The van der Waals surface area contributed by atoms with Gasteiger partial charge in [-0.25, -0.2) is 0 Å². The molecule has 8 nitrogen and oxygen atoms in total. The van der Waals surface area contributed by atoms with Crippen molar-refractivity contribution < 1.29 is 19.7 Å². The Kier molecular flexibility index (Phi) is 5.71. The summed E-state index contributed by atoms with van der Waals surface area (Å²) in [5.74, 6) is -0.369. The Labute approximate surface area is 190 Å². The minimum absolute atomic E-state index is 0.0444. The highest BCUT2D eigenvalue weighted by Crippen LogP contribution is 2.43. The van der Waals surface area contributed by atoms with Crippen molar-refractivity contribution in [2.45, 2.75) is 25.8 Å². The number of nitriles is 1. The third-order valence-electron chi connectivity index (χ3n) is 5.80. The average Bonchev–Trinajstić information content (AvgIpc) is 2.80. The predicted octanol–water partition coefficient (Wildman–Crippen LogP) is 3.04. The summed E-state index contributed by atoms with van der Waals surface area (Å²) in [6.45, 7) is 2.11. The molecule has 8 heteroatoms. The molecule has 4 N–H and O–H groups in total. The molecule has 0 saturated carbocycles. The number of nitrogens with two attached hydrogens (primary N) is 1. The Bertz CT molecular complexity index is 1370. The fraction of sp³-hybridized carbons (Fsp3) is 0.200. The van der Waals surface area contributed by atoms with Gasteiger partial charge in [-0.3, -0.25) is 4.79 Å². The molecular weight excluding hydrogens is 422 g/mol. The number of aryl methyl sites for hydroxylation is 2. The molecule has 0 aliphatic carbocycles. The van der Waals surface area contributed by atoms with Gasteiger partial charge in [-0.1, -0.05) is 24.3 Å². The fourth-order valence-corrected chi connectivity index (χ4v) is 4.15. The van der Waals surface area contributed by atoms with Crippen molar-refractivity contribution in [1.82, 2.24) is 4.57 Å². The zero-order valence-corrected chi connectivity index (χ0v) is 18.2. The van der Waals surface area contributed by atoms with Crippen LogP contribution in [0.4, 0.5) is 0 Å². The van der Waals surface area contributed by atoms with Gasteiger partial charge in [-0.15, -0.1) is 0 Å². The maximum atomic E-state index is 13.7.